The molecule has 4 heteroatoms. The Morgan fingerprint density at radius 3 is 3.00 bits per heavy atom. The van der Waals surface area contributed by atoms with E-state index in [9.17, 15) is 5.11 Å². The van der Waals surface area contributed by atoms with Gasteiger partial charge in [0.25, 0.3) is 0 Å². The summed E-state index contributed by atoms with van der Waals surface area (Å²) in [5.74, 6) is 0.907. The van der Waals surface area contributed by atoms with Crippen molar-refractivity contribution in [2.75, 3.05) is 13.2 Å². The van der Waals surface area contributed by atoms with E-state index in [1.807, 2.05) is 19.1 Å². The van der Waals surface area contributed by atoms with Gasteiger partial charge in [-0.15, -0.1) is 0 Å². The summed E-state index contributed by atoms with van der Waals surface area (Å²) in [5, 5.41) is 11.2. The summed E-state index contributed by atoms with van der Waals surface area (Å²) in [6, 6.07) is 3.85. The summed E-state index contributed by atoms with van der Waals surface area (Å²) in [4.78, 5) is 0. The zero-order valence-electron chi connectivity index (χ0n) is 11.1. The summed E-state index contributed by atoms with van der Waals surface area (Å²) >= 11 is 6.14. The predicted octanol–water partition coefficient (Wildman–Crippen LogP) is 2.75. The molecule has 1 aromatic rings. The number of hydrogen-bond donors (Lipinski definition) is 1. The van der Waals surface area contributed by atoms with Crippen LogP contribution in [-0.4, -0.2) is 30.0 Å². The Morgan fingerprint density at radius 1 is 1.42 bits per heavy atom. The standard InChI is InChI=1S/C15H19ClO3/c1-15(4-2-5-19-15)13(17)9-11-8-12(16)7-10-3-6-18-14(10)11/h7-8,13,17H,2-6,9H2,1H3. The van der Waals surface area contributed by atoms with Gasteiger partial charge in [0, 0.05) is 24.5 Å². The van der Waals surface area contributed by atoms with Crippen LogP contribution in [0.2, 0.25) is 5.02 Å². The Bertz CT molecular complexity index is 481. The molecule has 104 valence electrons. The van der Waals surface area contributed by atoms with Crippen LogP contribution in [0.15, 0.2) is 12.1 Å². The number of ether oxygens (including phenoxy) is 2. The SMILES string of the molecule is CC1(C(O)Cc2cc(Cl)cc3c2OCC3)CCCO1. The van der Waals surface area contributed by atoms with Gasteiger partial charge in [-0.1, -0.05) is 11.6 Å². The number of hydrogen-bond acceptors (Lipinski definition) is 3. The topological polar surface area (TPSA) is 38.7 Å². The average molecular weight is 283 g/mol. The van der Waals surface area contributed by atoms with Gasteiger partial charge in [-0.2, -0.15) is 0 Å². The van der Waals surface area contributed by atoms with Gasteiger partial charge in [0.2, 0.25) is 0 Å². The molecule has 3 nitrogen and oxygen atoms in total. The van der Waals surface area contributed by atoms with Crippen molar-refractivity contribution in [2.24, 2.45) is 0 Å². The number of rotatable bonds is 3. The normalized spacial score (nSPS) is 27.1. The molecule has 1 saturated heterocycles. The highest BCUT2D eigenvalue weighted by Crippen LogP contribution is 2.36. The van der Waals surface area contributed by atoms with Crippen LogP contribution in [0.3, 0.4) is 0 Å². The highest BCUT2D eigenvalue weighted by Gasteiger charge is 2.38. The molecule has 2 aliphatic rings. The van der Waals surface area contributed by atoms with Crippen LogP contribution < -0.4 is 4.74 Å². The molecule has 19 heavy (non-hydrogen) atoms. The highest BCUT2D eigenvalue weighted by atomic mass is 35.5. The van der Waals surface area contributed by atoms with Crippen LogP contribution in [0.5, 0.6) is 5.75 Å². The van der Waals surface area contributed by atoms with Gasteiger partial charge in [-0.25, -0.2) is 0 Å². The number of aliphatic hydroxyl groups is 1. The second-order valence-corrected chi connectivity index (χ2v) is 6.07. The lowest BCUT2D eigenvalue weighted by molar-refractivity contribution is -0.0769. The summed E-state index contributed by atoms with van der Waals surface area (Å²) in [6.45, 7) is 3.42. The zero-order chi connectivity index (χ0) is 13.5. The van der Waals surface area contributed by atoms with Gasteiger partial charge < -0.3 is 14.6 Å². The summed E-state index contributed by atoms with van der Waals surface area (Å²) in [6.07, 6.45) is 2.81. The zero-order valence-corrected chi connectivity index (χ0v) is 11.9. The Hall–Kier alpha value is -0.770. The molecule has 0 radical (unpaired) electrons. The van der Waals surface area contributed by atoms with E-state index in [1.54, 1.807) is 0 Å². The third-order valence-corrected chi connectivity index (χ3v) is 4.41. The summed E-state index contributed by atoms with van der Waals surface area (Å²) in [7, 11) is 0. The molecule has 2 heterocycles. The quantitative estimate of drug-likeness (QED) is 0.926. The first kappa shape index (κ1) is 13.2. The second-order valence-electron chi connectivity index (χ2n) is 5.64. The van der Waals surface area contributed by atoms with Gasteiger partial charge in [0.15, 0.2) is 0 Å². The van der Waals surface area contributed by atoms with E-state index in [2.05, 4.69) is 0 Å². The molecule has 0 amide bonds. The van der Waals surface area contributed by atoms with E-state index in [0.29, 0.717) is 18.1 Å². The molecule has 2 unspecified atom stereocenters. The molecule has 0 aromatic heterocycles. The Kier molecular flexibility index (Phi) is 3.46. The maximum Gasteiger partial charge on any atom is 0.126 e. The van der Waals surface area contributed by atoms with Crippen LogP contribution in [0.1, 0.15) is 30.9 Å². The van der Waals surface area contributed by atoms with E-state index in [4.69, 9.17) is 21.1 Å². The van der Waals surface area contributed by atoms with Crippen molar-refractivity contribution in [3.05, 3.63) is 28.3 Å². The molecule has 0 bridgehead atoms. The third-order valence-electron chi connectivity index (χ3n) is 4.19. The Morgan fingerprint density at radius 2 is 2.26 bits per heavy atom. The number of aliphatic hydroxyl groups excluding tert-OH is 1. The van der Waals surface area contributed by atoms with Crippen molar-refractivity contribution in [1.82, 2.24) is 0 Å². The molecule has 0 spiro atoms. The average Bonchev–Trinajstić information content (AvgIpc) is 2.98. The first-order chi connectivity index (χ1) is 9.08. The molecule has 0 saturated carbocycles. The summed E-state index contributed by atoms with van der Waals surface area (Å²) < 4.78 is 11.4. The number of halogens is 1. The second kappa shape index (κ2) is 4.97. The monoisotopic (exact) mass is 282 g/mol. The minimum absolute atomic E-state index is 0.437. The Labute approximate surface area is 118 Å². The minimum Gasteiger partial charge on any atom is -0.493 e. The van der Waals surface area contributed by atoms with Gasteiger partial charge in [-0.05, 0) is 43.0 Å². The van der Waals surface area contributed by atoms with Crippen molar-refractivity contribution in [3.63, 3.8) is 0 Å². The number of fused-ring (bicyclic) bond motifs is 1. The smallest absolute Gasteiger partial charge is 0.126 e. The largest absolute Gasteiger partial charge is 0.493 e. The molecule has 1 fully saturated rings. The molecular formula is C15H19ClO3. The van der Waals surface area contributed by atoms with E-state index in [-0.39, 0.29) is 0 Å². The fraction of sp³-hybridized carbons (Fsp3) is 0.600. The van der Waals surface area contributed by atoms with Crippen molar-refractivity contribution in [1.29, 1.82) is 0 Å². The van der Waals surface area contributed by atoms with Crippen LogP contribution >= 0.6 is 11.6 Å². The molecule has 0 aliphatic carbocycles. The van der Waals surface area contributed by atoms with Gasteiger partial charge >= 0.3 is 0 Å². The van der Waals surface area contributed by atoms with Gasteiger partial charge in [0.1, 0.15) is 5.75 Å². The molecule has 1 N–H and O–H groups in total. The van der Waals surface area contributed by atoms with Crippen molar-refractivity contribution >= 4 is 11.6 Å². The first-order valence-electron chi connectivity index (χ1n) is 6.85. The molecule has 2 atom stereocenters. The highest BCUT2D eigenvalue weighted by molar-refractivity contribution is 6.30. The fourth-order valence-electron chi connectivity index (χ4n) is 2.99. The van der Waals surface area contributed by atoms with E-state index < -0.39 is 11.7 Å². The third kappa shape index (κ3) is 2.47. The van der Waals surface area contributed by atoms with E-state index in [0.717, 1.165) is 42.7 Å². The lowest BCUT2D eigenvalue weighted by Gasteiger charge is -2.29. The Balaban J connectivity index is 1.83. The summed E-state index contributed by atoms with van der Waals surface area (Å²) in [5.41, 5.74) is 1.70. The molecule has 2 aliphatic heterocycles. The van der Waals surface area contributed by atoms with E-state index >= 15 is 0 Å². The van der Waals surface area contributed by atoms with Crippen LogP contribution in [0, 0.1) is 0 Å². The fourth-order valence-corrected chi connectivity index (χ4v) is 3.25. The lowest BCUT2D eigenvalue weighted by Crippen LogP contribution is -2.40. The first-order valence-corrected chi connectivity index (χ1v) is 7.22. The molecule has 3 rings (SSSR count). The number of benzene rings is 1. The van der Waals surface area contributed by atoms with Gasteiger partial charge in [0.05, 0.1) is 18.3 Å². The minimum atomic E-state index is -0.526. The molecular weight excluding hydrogens is 264 g/mol. The van der Waals surface area contributed by atoms with Crippen molar-refractivity contribution in [2.45, 2.75) is 44.3 Å². The van der Waals surface area contributed by atoms with Crippen LogP contribution in [-0.2, 0) is 17.6 Å². The van der Waals surface area contributed by atoms with Crippen LogP contribution in [0.4, 0.5) is 0 Å². The van der Waals surface area contributed by atoms with Gasteiger partial charge in [-0.3, -0.25) is 0 Å². The van der Waals surface area contributed by atoms with Crippen LogP contribution in [0.25, 0.3) is 0 Å². The predicted molar refractivity (Wildman–Crippen MR) is 74.0 cm³/mol. The van der Waals surface area contributed by atoms with Crippen molar-refractivity contribution < 1.29 is 14.6 Å². The lowest BCUT2D eigenvalue weighted by atomic mass is 9.90. The van der Waals surface area contributed by atoms with Crippen molar-refractivity contribution in [3.8, 4) is 5.75 Å². The maximum atomic E-state index is 10.5. The van der Waals surface area contributed by atoms with E-state index in [1.165, 1.54) is 0 Å². The molecule has 1 aromatic carbocycles. The maximum absolute atomic E-state index is 10.5.